The second kappa shape index (κ2) is 63.3. The van der Waals surface area contributed by atoms with Gasteiger partial charge in [0, 0.05) is 11.8 Å². The van der Waals surface area contributed by atoms with E-state index >= 15 is 0 Å². The van der Waals surface area contributed by atoms with E-state index in [0.29, 0.717) is 0 Å². The zero-order valence-electron chi connectivity index (χ0n) is 49.0. The third-order valence-electron chi connectivity index (χ3n) is 14.5. The Bertz CT molecular complexity index is 1230. The molecular formula is C62H122CaO8S2. The molecule has 0 aromatic heterocycles. The van der Waals surface area contributed by atoms with Crippen LogP contribution in [-0.2, 0) is 29.2 Å². The standard InChI is InChI=1S/2C31H62O4S.Ca/c2*1-3-5-7-9-11-13-14-15-16-17-18-19-21-23-25-27-29-31(30-35-36(32,33)34)28-26-24-22-20-12-10-8-6-4-2;/h2*26,28,31H,3-25,27,29-30H2,1-2H3,(H,32,33,34);/q;;+2/p-2/b2*28-26+;. The Kier molecular flexibility index (Phi) is 67.4. The fourth-order valence-corrected chi connectivity index (χ4v) is 10.4. The van der Waals surface area contributed by atoms with Crippen molar-refractivity contribution in [3.63, 3.8) is 0 Å². The first-order valence-corrected chi connectivity index (χ1v) is 34.2. The van der Waals surface area contributed by atoms with Crippen molar-refractivity contribution < 1.29 is 34.3 Å². The predicted octanol–water partition coefficient (Wildman–Crippen LogP) is 20.5. The van der Waals surface area contributed by atoms with Crippen LogP contribution in [-0.4, -0.2) is 76.9 Å². The van der Waals surface area contributed by atoms with E-state index in [9.17, 15) is 25.9 Å². The molecule has 0 saturated heterocycles. The van der Waals surface area contributed by atoms with Crippen LogP contribution in [0, 0.1) is 11.8 Å². The Hall–Kier alpha value is 0.480. The first-order chi connectivity index (χ1) is 35.0. The first-order valence-electron chi connectivity index (χ1n) is 31.5. The van der Waals surface area contributed by atoms with Gasteiger partial charge in [0.1, 0.15) is 0 Å². The molecule has 0 aliphatic rings. The summed E-state index contributed by atoms with van der Waals surface area (Å²) in [6.45, 7) is 9.00. The van der Waals surface area contributed by atoms with E-state index in [2.05, 4.69) is 60.4 Å². The van der Waals surface area contributed by atoms with Crippen LogP contribution in [0.1, 0.15) is 349 Å². The molecule has 0 saturated carbocycles. The summed E-state index contributed by atoms with van der Waals surface area (Å²) in [5.74, 6) is 0.0369. The van der Waals surface area contributed by atoms with Gasteiger partial charge >= 0.3 is 37.7 Å². The van der Waals surface area contributed by atoms with E-state index in [-0.39, 0.29) is 62.8 Å². The molecule has 0 amide bonds. The van der Waals surface area contributed by atoms with Crippen LogP contribution in [0.4, 0.5) is 0 Å². The summed E-state index contributed by atoms with van der Waals surface area (Å²) in [4.78, 5) is 0. The number of hydrogen-bond donors (Lipinski definition) is 0. The number of hydrogen-bond acceptors (Lipinski definition) is 8. The van der Waals surface area contributed by atoms with Crippen molar-refractivity contribution in [2.24, 2.45) is 11.8 Å². The zero-order valence-corrected chi connectivity index (χ0v) is 52.9. The van der Waals surface area contributed by atoms with Gasteiger partial charge in [0.05, 0.1) is 13.2 Å². The third kappa shape index (κ3) is 72.5. The van der Waals surface area contributed by atoms with E-state index < -0.39 is 20.8 Å². The molecule has 0 radical (unpaired) electrons. The molecule has 0 spiro atoms. The van der Waals surface area contributed by atoms with Gasteiger partial charge in [-0.05, 0) is 38.5 Å². The van der Waals surface area contributed by atoms with Crippen LogP contribution >= 0.6 is 0 Å². The summed E-state index contributed by atoms with van der Waals surface area (Å²) in [7, 11) is -9.23. The smallest absolute Gasteiger partial charge is 0.726 e. The van der Waals surface area contributed by atoms with Gasteiger partial charge in [-0.25, -0.2) is 16.8 Å². The molecule has 0 aliphatic heterocycles. The normalized spacial score (nSPS) is 12.9. The van der Waals surface area contributed by atoms with Crippen molar-refractivity contribution in [3.8, 4) is 0 Å². The van der Waals surface area contributed by atoms with Gasteiger partial charge in [0.2, 0.25) is 20.8 Å². The molecule has 0 rings (SSSR count). The molecule has 0 heterocycles. The summed E-state index contributed by atoms with van der Waals surface area (Å²) < 4.78 is 74.4. The topological polar surface area (TPSA) is 133 Å². The summed E-state index contributed by atoms with van der Waals surface area (Å²) in [5.41, 5.74) is 0. The Labute approximate surface area is 487 Å². The molecule has 0 aromatic rings. The summed E-state index contributed by atoms with van der Waals surface area (Å²) in [6, 6.07) is 0. The zero-order chi connectivity index (χ0) is 53.2. The molecule has 0 aliphatic carbocycles. The SMILES string of the molecule is CCCCCCCCC/C=C/C(CCCCCCCCCCCCCCCCCC)COS(=O)(=O)[O-].CCCCCCCCC/C=C/C(CCCCCCCCCCCCCCCCCC)COS(=O)(=O)[O-].[Ca+2]. The van der Waals surface area contributed by atoms with Crippen LogP contribution in [0.2, 0.25) is 0 Å². The van der Waals surface area contributed by atoms with Crippen LogP contribution < -0.4 is 0 Å². The van der Waals surface area contributed by atoms with Gasteiger partial charge in [-0.15, -0.1) is 0 Å². The second-order valence-electron chi connectivity index (χ2n) is 21.8. The molecule has 0 fully saturated rings. The molecule has 0 aromatic carbocycles. The maximum Gasteiger partial charge on any atom is 2.00 e. The third-order valence-corrected chi connectivity index (χ3v) is 15.3. The maximum absolute atomic E-state index is 10.9. The minimum atomic E-state index is -4.61. The fourth-order valence-electron chi connectivity index (χ4n) is 9.74. The average Bonchev–Trinajstić information content (AvgIpc) is 3.35. The van der Waals surface area contributed by atoms with Gasteiger partial charge in [-0.2, -0.15) is 0 Å². The summed E-state index contributed by atoms with van der Waals surface area (Å²) in [6.07, 6.45) is 73.3. The van der Waals surface area contributed by atoms with Gasteiger partial charge < -0.3 is 9.11 Å². The first kappa shape index (κ1) is 77.7. The minimum absolute atomic E-state index is 0. The van der Waals surface area contributed by atoms with E-state index in [4.69, 9.17) is 0 Å². The predicted molar refractivity (Wildman–Crippen MR) is 316 cm³/mol. The van der Waals surface area contributed by atoms with Gasteiger partial charge in [-0.1, -0.05) is 335 Å². The molecule has 8 nitrogen and oxygen atoms in total. The Morgan fingerprint density at radius 1 is 0.301 bits per heavy atom. The summed E-state index contributed by atoms with van der Waals surface area (Å²) in [5, 5.41) is 0. The van der Waals surface area contributed by atoms with Crippen molar-refractivity contribution in [2.75, 3.05) is 13.2 Å². The quantitative estimate of drug-likeness (QED) is 0.0193. The number of rotatable bonds is 58. The molecule has 0 bridgehead atoms. The molecule has 73 heavy (non-hydrogen) atoms. The maximum atomic E-state index is 10.9. The average molecular weight is 1100 g/mol. The molecule has 0 N–H and O–H groups in total. The summed E-state index contributed by atoms with van der Waals surface area (Å²) >= 11 is 0. The van der Waals surface area contributed by atoms with Crippen LogP contribution in [0.25, 0.3) is 0 Å². The number of allylic oxidation sites excluding steroid dienone is 2. The van der Waals surface area contributed by atoms with Crippen LogP contribution in [0.15, 0.2) is 24.3 Å². The Balaban J connectivity index is -0.00000132. The van der Waals surface area contributed by atoms with Gasteiger partial charge in [-0.3, -0.25) is 8.37 Å². The van der Waals surface area contributed by atoms with E-state index in [1.54, 1.807) is 0 Å². The van der Waals surface area contributed by atoms with E-state index in [1.807, 2.05) is 0 Å². The largest absolute Gasteiger partial charge is 2.00 e. The van der Waals surface area contributed by atoms with Crippen molar-refractivity contribution in [2.45, 2.75) is 349 Å². The molecule has 2 atom stereocenters. The Morgan fingerprint density at radius 3 is 0.671 bits per heavy atom. The minimum Gasteiger partial charge on any atom is -0.726 e. The van der Waals surface area contributed by atoms with Crippen molar-refractivity contribution >= 4 is 58.5 Å². The van der Waals surface area contributed by atoms with Crippen LogP contribution in [0.5, 0.6) is 0 Å². The van der Waals surface area contributed by atoms with Crippen molar-refractivity contribution in [3.05, 3.63) is 24.3 Å². The van der Waals surface area contributed by atoms with Crippen molar-refractivity contribution in [1.29, 1.82) is 0 Å². The molecule has 2 unspecified atom stereocenters. The van der Waals surface area contributed by atoms with Crippen LogP contribution in [0.3, 0.4) is 0 Å². The molecular weight excluding hydrogens is 977 g/mol. The monoisotopic (exact) mass is 1100 g/mol. The molecule has 432 valence electrons. The van der Waals surface area contributed by atoms with Crippen molar-refractivity contribution in [1.82, 2.24) is 0 Å². The molecule has 11 heteroatoms. The second-order valence-corrected chi connectivity index (χ2v) is 23.9. The Morgan fingerprint density at radius 2 is 0.479 bits per heavy atom. The van der Waals surface area contributed by atoms with Gasteiger partial charge in [0.15, 0.2) is 0 Å². The van der Waals surface area contributed by atoms with Gasteiger partial charge in [0.25, 0.3) is 0 Å². The fraction of sp³-hybridized carbons (Fsp3) is 0.935. The number of unbranched alkanes of at least 4 members (excludes halogenated alkanes) is 44. The van der Waals surface area contributed by atoms with E-state index in [1.165, 1.54) is 283 Å². The van der Waals surface area contributed by atoms with E-state index in [0.717, 1.165) is 38.5 Å².